The number of rotatable bonds is 1. The molecule has 5 rings (SSSR count). The number of carbonyl (C=O) groups is 1. The predicted molar refractivity (Wildman–Crippen MR) is 122 cm³/mol. The van der Waals surface area contributed by atoms with E-state index in [-0.39, 0.29) is 5.78 Å². The average molecular weight is 383 g/mol. The van der Waals surface area contributed by atoms with Crippen molar-refractivity contribution < 1.29 is 4.79 Å². The van der Waals surface area contributed by atoms with E-state index in [0.717, 1.165) is 16.3 Å². The summed E-state index contributed by atoms with van der Waals surface area (Å²) in [7, 11) is 0. The lowest BCUT2D eigenvalue weighted by atomic mass is 9.96. The van der Waals surface area contributed by atoms with Crippen LogP contribution in [0.5, 0.6) is 0 Å². The number of hydrogen-bond acceptors (Lipinski definition) is 3. The second-order valence-electron chi connectivity index (χ2n) is 6.57. The molecule has 2 aromatic heterocycles. The largest absolute Gasteiger partial charge is 0.294 e. The summed E-state index contributed by atoms with van der Waals surface area (Å²) in [6.07, 6.45) is 3.20. The summed E-state index contributed by atoms with van der Waals surface area (Å²) < 4.78 is 0. The molecule has 0 saturated carbocycles. The first-order chi connectivity index (χ1) is 14.1. The average Bonchev–Trinajstić information content (AvgIpc) is 3.20. The molecule has 29 heavy (non-hydrogen) atoms. The van der Waals surface area contributed by atoms with Gasteiger partial charge in [0.25, 0.3) is 0 Å². The number of fused-ring (bicyclic) bond motifs is 2. The number of aromatic amines is 1. The van der Waals surface area contributed by atoms with E-state index in [2.05, 4.69) is 59.0 Å². The Morgan fingerprint density at radius 2 is 1.69 bits per heavy atom. The van der Waals surface area contributed by atoms with Gasteiger partial charge < -0.3 is 0 Å². The fourth-order valence-electron chi connectivity index (χ4n) is 3.46. The van der Waals surface area contributed by atoms with E-state index in [0.29, 0.717) is 5.56 Å². The lowest BCUT2D eigenvalue weighted by Gasteiger charge is -2.06. The lowest BCUT2D eigenvalue weighted by Crippen LogP contribution is -2.03. The molecule has 0 atom stereocenters. The third-order valence-electron chi connectivity index (χ3n) is 4.82. The third-order valence-corrected chi connectivity index (χ3v) is 4.82. The molecule has 0 bridgehead atoms. The van der Waals surface area contributed by atoms with Crippen molar-refractivity contribution in [1.82, 2.24) is 15.2 Å². The topological polar surface area (TPSA) is 58.6 Å². The Balaban J connectivity index is 0.000000186. The number of nitrogens with zero attached hydrogens (tertiary/aromatic N) is 2. The summed E-state index contributed by atoms with van der Waals surface area (Å²) >= 11 is 0. The maximum Gasteiger partial charge on any atom is 0.161 e. The van der Waals surface area contributed by atoms with Gasteiger partial charge in [0.15, 0.2) is 5.78 Å². The summed E-state index contributed by atoms with van der Waals surface area (Å²) in [5.41, 5.74) is 4.05. The molecule has 2 heterocycles. The first-order valence-electron chi connectivity index (χ1n) is 9.75. The van der Waals surface area contributed by atoms with Crippen molar-refractivity contribution >= 4 is 44.9 Å². The quantitative estimate of drug-likeness (QED) is 0.302. The van der Waals surface area contributed by atoms with E-state index in [9.17, 15) is 4.79 Å². The van der Waals surface area contributed by atoms with Gasteiger partial charge in [-0.15, -0.1) is 0 Å². The van der Waals surface area contributed by atoms with Crippen LogP contribution in [0.1, 0.15) is 36.7 Å². The smallest absolute Gasteiger partial charge is 0.161 e. The number of nitrogens with one attached hydrogen (secondary N) is 1. The SMILES string of the molecule is C=c1c2ccccc2c2n[nH]c3ccc(C)c1c32.CC.CC(=O)c1cccnc1. The number of Topliss-reactive ketones (excluding diaryl/α,β-unsaturated/α-hetero) is 1. The first-order valence-corrected chi connectivity index (χ1v) is 9.75. The second kappa shape index (κ2) is 8.65. The molecule has 0 saturated heterocycles. The number of hydrogen-bond donors (Lipinski definition) is 1. The molecular weight excluding hydrogens is 358 g/mol. The summed E-state index contributed by atoms with van der Waals surface area (Å²) in [6, 6.07) is 16.0. The van der Waals surface area contributed by atoms with Crippen LogP contribution in [0.3, 0.4) is 0 Å². The highest BCUT2D eigenvalue weighted by atomic mass is 16.1. The third kappa shape index (κ3) is 3.74. The minimum absolute atomic E-state index is 0.0584. The van der Waals surface area contributed by atoms with Crippen molar-refractivity contribution in [2.45, 2.75) is 27.7 Å². The van der Waals surface area contributed by atoms with Crippen LogP contribution in [0, 0.1) is 6.92 Å². The Kier molecular flexibility index (Phi) is 6.03. The van der Waals surface area contributed by atoms with E-state index in [4.69, 9.17) is 0 Å². The van der Waals surface area contributed by atoms with Crippen LogP contribution in [-0.4, -0.2) is 21.0 Å². The number of carbonyl (C=O) groups excluding carboxylic acids is 1. The number of H-pyrrole nitrogens is 1. The zero-order valence-electron chi connectivity index (χ0n) is 17.3. The molecule has 0 radical (unpaired) electrons. The monoisotopic (exact) mass is 383 g/mol. The predicted octanol–water partition coefficient (Wildman–Crippen LogP) is 5.62. The molecule has 5 aromatic rings. The summed E-state index contributed by atoms with van der Waals surface area (Å²) in [4.78, 5) is 14.4. The fraction of sp³-hybridized carbons (Fsp3) is 0.160. The van der Waals surface area contributed by atoms with Crippen LogP contribution < -0.4 is 5.22 Å². The van der Waals surface area contributed by atoms with Crippen LogP contribution in [0.4, 0.5) is 0 Å². The number of pyridine rings is 1. The standard InChI is InChI=1S/C16H12N2.C7H7NO.C2H6/c1-9-7-8-13-15-14(9)10(2)11-5-3-4-6-12(11)16(15)18-17-13;1-6(9)7-3-2-4-8-5-7;1-2/h3-8H,2H2,1H3,(H,17,18);2-5H,1H3;1-2H3. The molecule has 1 N–H and O–H groups in total. The van der Waals surface area contributed by atoms with E-state index in [1.165, 1.54) is 34.0 Å². The van der Waals surface area contributed by atoms with Crippen molar-refractivity contribution in [1.29, 1.82) is 0 Å². The minimum Gasteiger partial charge on any atom is -0.294 e. The normalized spacial score (nSPS) is 10.3. The van der Waals surface area contributed by atoms with E-state index >= 15 is 0 Å². The Bertz CT molecular complexity index is 1320. The molecule has 0 unspecified atom stereocenters. The van der Waals surface area contributed by atoms with Crippen LogP contribution in [0.15, 0.2) is 60.9 Å². The van der Waals surface area contributed by atoms with E-state index in [1.807, 2.05) is 19.9 Å². The zero-order valence-corrected chi connectivity index (χ0v) is 17.3. The van der Waals surface area contributed by atoms with Crippen molar-refractivity contribution in [3.63, 3.8) is 0 Å². The summed E-state index contributed by atoms with van der Waals surface area (Å²) in [5.74, 6) is 0.0584. The number of aryl methyl sites for hydroxylation is 1. The van der Waals surface area contributed by atoms with Gasteiger partial charge in [-0.2, -0.15) is 5.10 Å². The molecule has 3 aromatic carbocycles. The van der Waals surface area contributed by atoms with Crippen molar-refractivity contribution in [3.8, 4) is 0 Å². The van der Waals surface area contributed by atoms with Crippen LogP contribution in [0.25, 0.3) is 39.2 Å². The number of benzene rings is 3. The van der Waals surface area contributed by atoms with E-state index < -0.39 is 0 Å². The van der Waals surface area contributed by atoms with Crippen molar-refractivity contribution in [2.75, 3.05) is 0 Å². The van der Waals surface area contributed by atoms with Gasteiger partial charge in [0.1, 0.15) is 5.52 Å². The molecule has 4 heteroatoms. The van der Waals surface area contributed by atoms with Crippen molar-refractivity contribution in [3.05, 3.63) is 77.3 Å². The Morgan fingerprint density at radius 1 is 0.966 bits per heavy atom. The van der Waals surface area contributed by atoms with Gasteiger partial charge in [-0.1, -0.05) is 50.8 Å². The van der Waals surface area contributed by atoms with Gasteiger partial charge in [0.05, 0.1) is 5.52 Å². The molecular formula is C25H25N3O. The maximum atomic E-state index is 10.6. The number of ketones is 1. The van der Waals surface area contributed by atoms with Gasteiger partial charge in [-0.3, -0.25) is 14.9 Å². The highest BCUT2D eigenvalue weighted by Gasteiger charge is 2.12. The second-order valence-corrected chi connectivity index (χ2v) is 6.57. The Labute approximate surface area is 170 Å². The van der Waals surface area contributed by atoms with Crippen LogP contribution in [0.2, 0.25) is 0 Å². The summed E-state index contributed by atoms with van der Waals surface area (Å²) in [6.45, 7) is 11.9. The van der Waals surface area contributed by atoms with Gasteiger partial charge in [-0.25, -0.2) is 0 Å². The zero-order chi connectivity index (χ0) is 21.0. The molecule has 0 fully saturated rings. The lowest BCUT2D eigenvalue weighted by molar-refractivity contribution is 0.101. The first kappa shape index (κ1) is 20.2. The van der Waals surface area contributed by atoms with Gasteiger partial charge >= 0.3 is 0 Å². The Morgan fingerprint density at radius 3 is 2.31 bits per heavy atom. The molecule has 0 amide bonds. The van der Waals surface area contributed by atoms with Crippen molar-refractivity contribution in [2.24, 2.45) is 0 Å². The molecule has 146 valence electrons. The molecule has 4 nitrogen and oxygen atoms in total. The highest BCUT2D eigenvalue weighted by Crippen LogP contribution is 2.30. The highest BCUT2D eigenvalue weighted by molar-refractivity contribution is 6.20. The minimum atomic E-state index is 0.0584. The van der Waals surface area contributed by atoms with E-state index in [1.54, 1.807) is 24.5 Å². The number of aromatic nitrogens is 3. The fourth-order valence-corrected chi connectivity index (χ4v) is 3.46. The molecule has 0 aliphatic carbocycles. The Hall–Kier alpha value is -3.53. The van der Waals surface area contributed by atoms with Gasteiger partial charge in [0.2, 0.25) is 0 Å². The summed E-state index contributed by atoms with van der Waals surface area (Å²) in [5, 5.41) is 13.5. The van der Waals surface area contributed by atoms with Crippen LogP contribution >= 0.6 is 0 Å². The van der Waals surface area contributed by atoms with Gasteiger partial charge in [-0.05, 0) is 53.6 Å². The maximum absolute atomic E-state index is 10.6. The molecule has 0 spiro atoms. The van der Waals surface area contributed by atoms with Gasteiger partial charge in [0, 0.05) is 28.7 Å². The van der Waals surface area contributed by atoms with Crippen LogP contribution in [-0.2, 0) is 0 Å². The molecule has 0 aliphatic heterocycles. The molecule has 0 aliphatic rings.